The predicted octanol–water partition coefficient (Wildman–Crippen LogP) is 1.19. The van der Waals surface area contributed by atoms with Gasteiger partial charge in [0.05, 0.1) is 5.60 Å². The average molecular weight is 274 g/mol. The summed E-state index contributed by atoms with van der Waals surface area (Å²) in [5.41, 5.74) is -0.826. The first kappa shape index (κ1) is 14.9. The molecule has 0 aliphatic carbocycles. The van der Waals surface area contributed by atoms with Crippen molar-refractivity contribution in [3.63, 3.8) is 0 Å². The molecule has 1 aromatic rings. The maximum atomic E-state index is 9.87. The maximum Gasteiger partial charge on any atom is 0.231 e. The Morgan fingerprint density at radius 1 is 1.17 bits per heavy atom. The lowest BCUT2D eigenvalue weighted by atomic mass is 10.1. The lowest BCUT2D eigenvalue weighted by Crippen LogP contribution is -2.39. The summed E-state index contributed by atoms with van der Waals surface area (Å²) in [5.74, 6) is 0.975. The van der Waals surface area contributed by atoms with E-state index in [9.17, 15) is 5.11 Å². The molecule has 0 bridgehead atoms. The van der Waals surface area contributed by atoms with E-state index in [0.29, 0.717) is 25.0 Å². The van der Waals surface area contributed by atoms with Gasteiger partial charge >= 0.3 is 0 Å². The first-order chi connectivity index (χ1) is 8.23. The zero-order chi connectivity index (χ0) is 13.9. The number of likely N-dealkylation sites (N-methyl/N-ethyl adjacent to an activating group) is 1. The number of aromatic nitrogens is 3. The van der Waals surface area contributed by atoms with Crippen LogP contribution < -0.4 is 9.80 Å². The Morgan fingerprint density at radius 2 is 1.72 bits per heavy atom. The molecule has 0 fully saturated rings. The fourth-order valence-electron chi connectivity index (χ4n) is 1.46. The summed E-state index contributed by atoms with van der Waals surface area (Å²) in [7, 11) is 3.67. The number of halogens is 1. The third-order valence-electron chi connectivity index (χ3n) is 2.23. The zero-order valence-electron chi connectivity index (χ0n) is 11.5. The van der Waals surface area contributed by atoms with Crippen LogP contribution in [-0.2, 0) is 0 Å². The smallest absolute Gasteiger partial charge is 0.231 e. The quantitative estimate of drug-likeness (QED) is 0.869. The van der Waals surface area contributed by atoms with Gasteiger partial charge in [0, 0.05) is 27.2 Å². The highest BCUT2D eigenvalue weighted by atomic mass is 35.5. The van der Waals surface area contributed by atoms with E-state index in [2.05, 4.69) is 15.0 Å². The molecular formula is C11H20ClN5O. The van der Waals surface area contributed by atoms with Crippen molar-refractivity contribution in [1.29, 1.82) is 0 Å². The highest BCUT2D eigenvalue weighted by Gasteiger charge is 2.20. The SMILES string of the molecule is CCN(CC(C)(C)O)c1nc(Cl)nc(N(C)C)n1. The molecule has 0 aromatic carbocycles. The first-order valence-electron chi connectivity index (χ1n) is 5.79. The van der Waals surface area contributed by atoms with Gasteiger partial charge in [-0.1, -0.05) is 0 Å². The summed E-state index contributed by atoms with van der Waals surface area (Å²) >= 11 is 5.89. The molecule has 6 nitrogen and oxygen atoms in total. The van der Waals surface area contributed by atoms with Gasteiger partial charge in [0.25, 0.3) is 0 Å². The highest BCUT2D eigenvalue weighted by Crippen LogP contribution is 2.17. The fraction of sp³-hybridized carbons (Fsp3) is 0.727. The van der Waals surface area contributed by atoms with Crippen molar-refractivity contribution in [3.05, 3.63) is 5.28 Å². The second-order valence-electron chi connectivity index (χ2n) is 4.93. The van der Waals surface area contributed by atoms with Crippen LogP contribution in [0.4, 0.5) is 11.9 Å². The Balaban J connectivity index is 3.05. The van der Waals surface area contributed by atoms with Gasteiger partial charge in [-0.2, -0.15) is 15.0 Å². The normalized spacial score (nSPS) is 11.5. The average Bonchev–Trinajstić information content (AvgIpc) is 2.23. The van der Waals surface area contributed by atoms with E-state index in [1.807, 2.05) is 25.9 Å². The van der Waals surface area contributed by atoms with Crippen LogP contribution in [0.1, 0.15) is 20.8 Å². The molecule has 0 radical (unpaired) electrons. The third-order valence-corrected chi connectivity index (χ3v) is 2.40. The Bertz CT molecular complexity index is 405. The minimum atomic E-state index is -0.826. The molecule has 102 valence electrons. The fourth-order valence-corrected chi connectivity index (χ4v) is 1.61. The number of aliphatic hydroxyl groups is 1. The second kappa shape index (κ2) is 5.67. The summed E-state index contributed by atoms with van der Waals surface area (Å²) in [4.78, 5) is 16.1. The molecule has 7 heteroatoms. The number of hydrogen-bond acceptors (Lipinski definition) is 6. The van der Waals surface area contributed by atoms with E-state index in [0.717, 1.165) is 0 Å². The molecular weight excluding hydrogens is 254 g/mol. The minimum Gasteiger partial charge on any atom is -0.389 e. The third kappa shape index (κ3) is 4.27. The van der Waals surface area contributed by atoms with Crippen LogP contribution in [-0.4, -0.2) is 52.8 Å². The summed E-state index contributed by atoms with van der Waals surface area (Å²) in [6, 6.07) is 0. The molecule has 0 unspecified atom stereocenters. The molecule has 18 heavy (non-hydrogen) atoms. The van der Waals surface area contributed by atoms with Gasteiger partial charge in [-0.05, 0) is 32.4 Å². The highest BCUT2D eigenvalue weighted by molar-refractivity contribution is 6.28. The zero-order valence-corrected chi connectivity index (χ0v) is 12.2. The van der Waals surface area contributed by atoms with Gasteiger partial charge in [-0.15, -0.1) is 0 Å². The van der Waals surface area contributed by atoms with Crippen molar-refractivity contribution < 1.29 is 5.11 Å². The molecule has 0 spiro atoms. The van der Waals surface area contributed by atoms with Gasteiger partial charge in [0.1, 0.15) is 0 Å². The minimum absolute atomic E-state index is 0.151. The van der Waals surface area contributed by atoms with Crippen LogP contribution >= 0.6 is 11.6 Å². The van der Waals surface area contributed by atoms with Gasteiger partial charge < -0.3 is 14.9 Å². The predicted molar refractivity (Wildman–Crippen MR) is 73.3 cm³/mol. The summed E-state index contributed by atoms with van der Waals surface area (Å²) in [6.07, 6.45) is 0. The molecule has 0 atom stereocenters. The van der Waals surface area contributed by atoms with Crippen molar-refractivity contribution >= 4 is 23.5 Å². The van der Waals surface area contributed by atoms with Crippen molar-refractivity contribution in [2.75, 3.05) is 37.0 Å². The van der Waals surface area contributed by atoms with Crippen molar-refractivity contribution in [2.45, 2.75) is 26.4 Å². The number of anilines is 2. The molecule has 1 heterocycles. The lowest BCUT2D eigenvalue weighted by molar-refractivity contribution is 0.0872. The van der Waals surface area contributed by atoms with Crippen LogP contribution in [0.15, 0.2) is 0 Å². The first-order valence-corrected chi connectivity index (χ1v) is 6.17. The summed E-state index contributed by atoms with van der Waals surface area (Å²) in [5, 5.41) is 10.0. The molecule has 0 saturated heterocycles. The van der Waals surface area contributed by atoms with Crippen LogP contribution in [0.25, 0.3) is 0 Å². The molecule has 1 aromatic heterocycles. The largest absolute Gasteiger partial charge is 0.389 e. The number of nitrogens with zero attached hydrogens (tertiary/aromatic N) is 5. The van der Waals surface area contributed by atoms with Gasteiger partial charge in [0.2, 0.25) is 17.2 Å². The Hall–Kier alpha value is -1.14. The lowest BCUT2D eigenvalue weighted by Gasteiger charge is -2.28. The standard InChI is InChI=1S/C11H20ClN5O/c1-6-17(7-11(2,3)18)10-14-8(12)13-9(15-10)16(4)5/h18H,6-7H2,1-5H3. The Labute approximate surface area is 113 Å². The number of hydrogen-bond donors (Lipinski definition) is 1. The van der Waals surface area contributed by atoms with E-state index in [1.165, 1.54) is 0 Å². The molecule has 1 rings (SSSR count). The van der Waals surface area contributed by atoms with Crippen LogP contribution in [0.3, 0.4) is 0 Å². The molecule has 1 N–H and O–H groups in total. The second-order valence-corrected chi connectivity index (χ2v) is 5.26. The van der Waals surface area contributed by atoms with Gasteiger partial charge in [0.15, 0.2) is 0 Å². The number of rotatable bonds is 5. The van der Waals surface area contributed by atoms with Crippen molar-refractivity contribution in [2.24, 2.45) is 0 Å². The van der Waals surface area contributed by atoms with Crippen molar-refractivity contribution in [1.82, 2.24) is 15.0 Å². The van der Waals surface area contributed by atoms with Gasteiger partial charge in [-0.3, -0.25) is 0 Å². The van der Waals surface area contributed by atoms with E-state index >= 15 is 0 Å². The van der Waals surface area contributed by atoms with Gasteiger partial charge in [-0.25, -0.2) is 0 Å². The molecule has 0 aliphatic rings. The maximum absolute atomic E-state index is 9.87. The van der Waals surface area contributed by atoms with E-state index in [1.54, 1.807) is 18.7 Å². The topological polar surface area (TPSA) is 65.4 Å². The summed E-state index contributed by atoms with van der Waals surface area (Å²) < 4.78 is 0. The molecule has 0 saturated carbocycles. The van der Waals surface area contributed by atoms with Crippen molar-refractivity contribution in [3.8, 4) is 0 Å². The monoisotopic (exact) mass is 273 g/mol. The van der Waals surface area contributed by atoms with E-state index < -0.39 is 5.60 Å². The molecule has 0 aliphatic heterocycles. The van der Waals surface area contributed by atoms with Crippen LogP contribution in [0.5, 0.6) is 0 Å². The van der Waals surface area contributed by atoms with E-state index in [4.69, 9.17) is 11.6 Å². The molecule has 0 amide bonds. The van der Waals surface area contributed by atoms with E-state index in [-0.39, 0.29) is 5.28 Å². The van der Waals surface area contributed by atoms with Crippen LogP contribution in [0.2, 0.25) is 5.28 Å². The Kier molecular flexibility index (Phi) is 4.70. The van der Waals surface area contributed by atoms with Crippen LogP contribution in [0, 0.1) is 0 Å². The summed E-state index contributed by atoms with van der Waals surface area (Å²) in [6.45, 7) is 6.56. The Morgan fingerprint density at radius 3 is 2.17 bits per heavy atom.